The van der Waals surface area contributed by atoms with E-state index in [0.717, 1.165) is 17.7 Å². The number of hydrogen-bond acceptors (Lipinski definition) is 3. The lowest BCUT2D eigenvalue weighted by atomic mass is 10.1. The monoisotopic (exact) mass is 318 g/mol. The number of carbonyl (C=O) groups excluding carboxylic acids is 2. The molecule has 5 heteroatoms. The summed E-state index contributed by atoms with van der Waals surface area (Å²) in [5, 5.41) is 2.94. The Morgan fingerprint density at radius 2 is 1.96 bits per heavy atom. The average Bonchev–Trinajstić information content (AvgIpc) is 2.87. The Morgan fingerprint density at radius 1 is 1.30 bits per heavy atom. The molecule has 1 atom stereocenters. The highest BCUT2D eigenvalue weighted by Gasteiger charge is 2.34. The van der Waals surface area contributed by atoms with Gasteiger partial charge in [-0.15, -0.1) is 0 Å². The third kappa shape index (κ3) is 5.06. The third-order valence-electron chi connectivity index (χ3n) is 3.97. The minimum absolute atomic E-state index is 0.0365. The number of hydrogen-bond donors (Lipinski definition) is 1. The van der Waals surface area contributed by atoms with E-state index in [2.05, 4.69) is 19.2 Å². The number of amides is 2. The first-order chi connectivity index (χ1) is 11.0. The van der Waals surface area contributed by atoms with Gasteiger partial charge in [-0.2, -0.15) is 0 Å². The third-order valence-corrected chi connectivity index (χ3v) is 3.97. The van der Waals surface area contributed by atoms with E-state index in [1.54, 1.807) is 12.0 Å². The van der Waals surface area contributed by atoms with E-state index in [-0.39, 0.29) is 17.7 Å². The molecule has 1 aliphatic rings. The van der Waals surface area contributed by atoms with Crippen molar-refractivity contribution in [2.75, 3.05) is 20.2 Å². The molecule has 23 heavy (non-hydrogen) atoms. The van der Waals surface area contributed by atoms with Crippen LogP contribution in [-0.4, -0.2) is 36.9 Å². The molecule has 0 bridgehead atoms. The van der Waals surface area contributed by atoms with E-state index in [1.807, 2.05) is 24.3 Å². The molecule has 0 saturated carbocycles. The molecular formula is C18H26N2O3. The summed E-state index contributed by atoms with van der Waals surface area (Å²) >= 11 is 0. The summed E-state index contributed by atoms with van der Waals surface area (Å²) in [6.45, 7) is 6.49. The lowest BCUT2D eigenvalue weighted by Gasteiger charge is -2.18. The highest BCUT2D eigenvalue weighted by Crippen LogP contribution is 2.19. The van der Waals surface area contributed by atoms with Crippen molar-refractivity contribution in [1.82, 2.24) is 10.2 Å². The van der Waals surface area contributed by atoms with Gasteiger partial charge in [0.2, 0.25) is 11.8 Å². The van der Waals surface area contributed by atoms with E-state index in [1.165, 1.54) is 0 Å². The molecule has 1 fully saturated rings. The summed E-state index contributed by atoms with van der Waals surface area (Å²) in [7, 11) is 1.67. The molecule has 0 aliphatic carbocycles. The van der Waals surface area contributed by atoms with Crippen LogP contribution >= 0.6 is 0 Å². The Balaban J connectivity index is 1.82. The predicted octanol–water partition coefficient (Wildman–Crippen LogP) is 1.95. The Labute approximate surface area is 138 Å². The first-order valence-corrected chi connectivity index (χ1v) is 8.11. The van der Waals surface area contributed by atoms with Gasteiger partial charge in [-0.25, -0.2) is 0 Å². The number of likely N-dealkylation sites (tertiary alicyclic amines) is 1. The molecule has 126 valence electrons. The predicted molar refractivity (Wildman–Crippen MR) is 88.5 cm³/mol. The summed E-state index contributed by atoms with van der Waals surface area (Å²) in [6.07, 6.45) is 0.325. The average molecular weight is 318 g/mol. The zero-order valence-electron chi connectivity index (χ0n) is 14.2. The summed E-state index contributed by atoms with van der Waals surface area (Å²) < 4.78 is 5.07. The number of benzene rings is 1. The number of nitrogens with one attached hydrogen (secondary N) is 1. The fourth-order valence-electron chi connectivity index (χ4n) is 2.82. The van der Waals surface area contributed by atoms with Crippen LogP contribution < -0.4 is 5.32 Å². The number of rotatable bonds is 7. The van der Waals surface area contributed by atoms with Gasteiger partial charge in [0.25, 0.3) is 0 Å². The van der Waals surface area contributed by atoms with Gasteiger partial charge in [0.15, 0.2) is 0 Å². The van der Waals surface area contributed by atoms with Crippen LogP contribution in [0.15, 0.2) is 24.3 Å². The minimum atomic E-state index is -0.228. The van der Waals surface area contributed by atoms with Crippen LogP contribution in [0.3, 0.4) is 0 Å². The summed E-state index contributed by atoms with van der Waals surface area (Å²) in [5.74, 6) is 0.244. The van der Waals surface area contributed by atoms with Gasteiger partial charge in [0.05, 0.1) is 12.5 Å². The van der Waals surface area contributed by atoms with Gasteiger partial charge in [-0.05, 0) is 17.0 Å². The molecule has 2 rings (SSSR count). The quantitative estimate of drug-likeness (QED) is 0.836. The normalized spacial score (nSPS) is 17.8. The van der Waals surface area contributed by atoms with Gasteiger partial charge in [0, 0.05) is 33.2 Å². The zero-order chi connectivity index (χ0) is 16.8. The molecule has 1 aromatic carbocycles. The van der Waals surface area contributed by atoms with E-state index >= 15 is 0 Å². The Hall–Kier alpha value is -1.88. The minimum Gasteiger partial charge on any atom is -0.380 e. The molecule has 0 radical (unpaired) electrons. The van der Waals surface area contributed by atoms with E-state index in [0.29, 0.717) is 32.0 Å². The van der Waals surface area contributed by atoms with E-state index < -0.39 is 0 Å². The second-order valence-electron chi connectivity index (χ2n) is 6.56. The Bertz CT molecular complexity index is 540. The second-order valence-corrected chi connectivity index (χ2v) is 6.56. The molecule has 1 aliphatic heterocycles. The van der Waals surface area contributed by atoms with Gasteiger partial charge in [-0.3, -0.25) is 9.59 Å². The van der Waals surface area contributed by atoms with Gasteiger partial charge in [-0.1, -0.05) is 38.1 Å². The van der Waals surface area contributed by atoms with Gasteiger partial charge in [0.1, 0.15) is 0 Å². The zero-order valence-corrected chi connectivity index (χ0v) is 14.2. The van der Waals surface area contributed by atoms with Crippen LogP contribution in [0.2, 0.25) is 0 Å². The smallest absolute Gasteiger partial charge is 0.225 e. The summed E-state index contributed by atoms with van der Waals surface area (Å²) in [4.78, 5) is 26.0. The maximum atomic E-state index is 12.3. The molecule has 0 spiro atoms. The van der Waals surface area contributed by atoms with Gasteiger partial charge < -0.3 is 15.0 Å². The van der Waals surface area contributed by atoms with Crippen molar-refractivity contribution in [2.24, 2.45) is 11.8 Å². The van der Waals surface area contributed by atoms with Crippen LogP contribution in [0.1, 0.15) is 31.4 Å². The van der Waals surface area contributed by atoms with Crippen molar-refractivity contribution in [1.29, 1.82) is 0 Å². The molecule has 0 aromatic heterocycles. The van der Waals surface area contributed by atoms with Crippen LogP contribution in [0, 0.1) is 11.8 Å². The van der Waals surface area contributed by atoms with Crippen LogP contribution in [0.5, 0.6) is 0 Å². The first kappa shape index (κ1) is 17.5. The largest absolute Gasteiger partial charge is 0.380 e. The Kier molecular flexibility index (Phi) is 6.16. The molecule has 1 heterocycles. The van der Waals surface area contributed by atoms with Crippen molar-refractivity contribution < 1.29 is 14.3 Å². The first-order valence-electron chi connectivity index (χ1n) is 8.11. The Morgan fingerprint density at radius 3 is 2.57 bits per heavy atom. The van der Waals surface area contributed by atoms with Crippen molar-refractivity contribution >= 4 is 11.8 Å². The SMILES string of the molecule is COCc1ccc(CNC(=O)C2CC(=O)N(CC(C)C)C2)cc1. The highest BCUT2D eigenvalue weighted by atomic mass is 16.5. The molecule has 1 N–H and O–H groups in total. The van der Waals surface area contributed by atoms with Gasteiger partial charge >= 0.3 is 0 Å². The molecular weight excluding hydrogens is 292 g/mol. The van der Waals surface area contributed by atoms with Crippen molar-refractivity contribution in [2.45, 2.75) is 33.4 Å². The molecule has 1 unspecified atom stereocenters. The lowest BCUT2D eigenvalue weighted by molar-refractivity contribution is -0.129. The maximum Gasteiger partial charge on any atom is 0.225 e. The van der Waals surface area contributed by atoms with Crippen LogP contribution in [-0.2, 0) is 27.5 Å². The van der Waals surface area contributed by atoms with Crippen molar-refractivity contribution in [3.63, 3.8) is 0 Å². The standard InChI is InChI=1S/C18H26N2O3/c1-13(2)10-20-11-16(8-17(20)21)18(22)19-9-14-4-6-15(7-5-14)12-23-3/h4-7,13,16H,8-12H2,1-3H3,(H,19,22). The number of ether oxygens (including phenoxy) is 1. The highest BCUT2D eigenvalue weighted by molar-refractivity contribution is 5.89. The lowest BCUT2D eigenvalue weighted by Crippen LogP contribution is -2.33. The van der Waals surface area contributed by atoms with Crippen molar-refractivity contribution in [3.05, 3.63) is 35.4 Å². The maximum absolute atomic E-state index is 12.3. The van der Waals surface area contributed by atoms with Crippen LogP contribution in [0.25, 0.3) is 0 Å². The van der Waals surface area contributed by atoms with E-state index in [9.17, 15) is 9.59 Å². The number of carbonyl (C=O) groups is 2. The second kappa shape index (κ2) is 8.11. The van der Waals surface area contributed by atoms with Crippen molar-refractivity contribution in [3.8, 4) is 0 Å². The molecule has 2 amide bonds. The summed E-state index contributed by atoms with van der Waals surface area (Å²) in [6, 6.07) is 7.96. The number of methoxy groups -OCH3 is 1. The van der Waals surface area contributed by atoms with Crippen LogP contribution in [0.4, 0.5) is 0 Å². The fraction of sp³-hybridized carbons (Fsp3) is 0.556. The number of nitrogens with zero attached hydrogens (tertiary/aromatic N) is 1. The molecule has 1 aromatic rings. The fourth-order valence-corrected chi connectivity index (χ4v) is 2.82. The molecule has 1 saturated heterocycles. The van der Waals surface area contributed by atoms with E-state index in [4.69, 9.17) is 4.74 Å². The molecule has 5 nitrogen and oxygen atoms in total. The summed E-state index contributed by atoms with van der Waals surface area (Å²) in [5.41, 5.74) is 2.15. The topological polar surface area (TPSA) is 58.6 Å².